The van der Waals surface area contributed by atoms with E-state index < -0.39 is 0 Å². The molecule has 0 fully saturated rings. The number of nitrogens with two attached hydrogens (primary N) is 1. The summed E-state index contributed by atoms with van der Waals surface area (Å²) < 4.78 is 0. The summed E-state index contributed by atoms with van der Waals surface area (Å²) in [5, 5.41) is 0.154. The standard InChI is InChI=1S/C15H17ClN4O/c1-10(2)20(9-12-5-3-4-6-18-12)15(21)13-7-11(17)8-19-14(13)16/h3-8,10H,9,17H2,1-2H3. The molecule has 2 rings (SSSR count). The molecule has 110 valence electrons. The topological polar surface area (TPSA) is 72.1 Å². The van der Waals surface area contributed by atoms with Crippen LogP contribution in [0.2, 0.25) is 5.15 Å². The van der Waals surface area contributed by atoms with E-state index in [-0.39, 0.29) is 17.1 Å². The number of carbonyl (C=O) groups is 1. The minimum atomic E-state index is -0.208. The lowest BCUT2D eigenvalue weighted by molar-refractivity contribution is 0.0687. The molecule has 0 aromatic carbocycles. The van der Waals surface area contributed by atoms with E-state index in [0.717, 1.165) is 5.69 Å². The van der Waals surface area contributed by atoms with E-state index in [4.69, 9.17) is 17.3 Å². The van der Waals surface area contributed by atoms with Gasteiger partial charge in [0.25, 0.3) is 5.91 Å². The van der Waals surface area contributed by atoms with Crippen molar-refractivity contribution in [2.24, 2.45) is 0 Å². The van der Waals surface area contributed by atoms with Gasteiger partial charge in [-0.05, 0) is 32.0 Å². The van der Waals surface area contributed by atoms with E-state index in [1.165, 1.54) is 6.20 Å². The van der Waals surface area contributed by atoms with Crippen molar-refractivity contribution in [3.8, 4) is 0 Å². The molecule has 2 heterocycles. The molecule has 5 nitrogen and oxygen atoms in total. The molecule has 0 saturated carbocycles. The fourth-order valence-electron chi connectivity index (χ4n) is 1.92. The van der Waals surface area contributed by atoms with Crippen LogP contribution in [0.4, 0.5) is 5.69 Å². The van der Waals surface area contributed by atoms with E-state index in [2.05, 4.69) is 9.97 Å². The van der Waals surface area contributed by atoms with Gasteiger partial charge in [0.05, 0.1) is 29.7 Å². The third kappa shape index (κ3) is 3.70. The summed E-state index contributed by atoms with van der Waals surface area (Å²) >= 11 is 6.01. The Morgan fingerprint density at radius 3 is 2.76 bits per heavy atom. The minimum Gasteiger partial charge on any atom is -0.397 e. The Labute approximate surface area is 128 Å². The summed E-state index contributed by atoms with van der Waals surface area (Å²) in [4.78, 5) is 22.5. The predicted octanol–water partition coefficient (Wildman–Crippen LogP) is 2.76. The largest absolute Gasteiger partial charge is 0.397 e. The molecule has 0 aliphatic heterocycles. The Bertz CT molecular complexity index is 631. The summed E-state index contributed by atoms with van der Waals surface area (Å²) in [5.41, 5.74) is 7.22. The summed E-state index contributed by atoms with van der Waals surface area (Å²) in [6, 6.07) is 7.15. The molecule has 0 radical (unpaired) electrons. The summed E-state index contributed by atoms with van der Waals surface area (Å²) in [6.07, 6.45) is 3.13. The van der Waals surface area contributed by atoms with Crippen molar-refractivity contribution in [3.05, 3.63) is 53.1 Å². The number of nitrogen functional groups attached to an aromatic ring is 1. The lowest BCUT2D eigenvalue weighted by atomic mass is 10.2. The van der Waals surface area contributed by atoms with Gasteiger partial charge in [0.15, 0.2) is 0 Å². The van der Waals surface area contributed by atoms with Crippen molar-refractivity contribution in [2.75, 3.05) is 5.73 Å². The number of anilines is 1. The molecular formula is C15H17ClN4O. The van der Waals surface area contributed by atoms with Gasteiger partial charge < -0.3 is 10.6 Å². The van der Waals surface area contributed by atoms with Crippen LogP contribution >= 0.6 is 11.6 Å². The van der Waals surface area contributed by atoms with Crippen LogP contribution in [0, 0.1) is 0 Å². The van der Waals surface area contributed by atoms with Crippen LogP contribution in [-0.4, -0.2) is 26.8 Å². The van der Waals surface area contributed by atoms with E-state index in [9.17, 15) is 4.79 Å². The second-order valence-corrected chi connectivity index (χ2v) is 5.31. The third-order valence-electron chi connectivity index (χ3n) is 3.03. The Morgan fingerprint density at radius 1 is 1.38 bits per heavy atom. The molecular weight excluding hydrogens is 288 g/mol. The van der Waals surface area contributed by atoms with Crippen LogP contribution in [0.15, 0.2) is 36.7 Å². The van der Waals surface area contributed by atoms with Gasteiger partial charge in [0, 0.05) is 12.2 Å². The molecule has 0 spiro atoms. The molecule has 6 heteroatoms. The molecule has 0 atom stereocenters. The first-order chi connectivity index (χ1) is 9.99. The Balaban J connectivity index is 2.30. The minimum absolute atomic E-state index is 0.00277. The molecule has 21 heavy (non-hydrogen) atoms. The highest BCUT2D eigenvalue weighted by atomic mass is 35.5. The first kappa shape index (κ1) is 15.3. The van der Waals surface area contributed by atoms with Crippen LogP contribution in [0.5, 0.6) is 0 Å². The normalized spacial score (nSPS) is 10.7. The molecule has 2 aromatic heterocycles. The second-order valence-electron chi connectivity index (χ2n) is 4.95. The second kappa shape index (κ2) is 6.54. The van der Waals surface area contributed by atoms with Crippen molar-refractivity contribution in [2.45, 2.75) is 26.4 Å². The third-order valence-corrected chi connectivity index (χ3v) is 3.33. The molecule has 0 aliphatic rings. The number of halogens is 1. The van der Waals surface area contributed by atoms with E-state index in [1.807, 2.05) is 32.0 Å². The van der Waals surface area contributed by atoms with Crippen LogP contribution in [0.1, 0.15) is 29.9 Å². The molecule has 0 saturated heterocycles. The SMILES string of the molecule is CC(C)N(Cc1ccccn1)C(=O)c1cc(N)cnc1Cl. The van der Waals surface area contributed by atoms with Crippen molar-refractivity contribution in [1.29, 1.82) is 0 Å². The van der Waals surface area contributed by atoms with E-state index in [0.29, 0.717) is 17.8 Å². The van der Waals surface area contributed by atoms with Crippen molar-refractivity contribution < 1.29 is 4.79 Å². The number of carbonyl (C=O) groups excluding carboxylic acids is 1. The van der Waals surface area contributed by atoms with Crippen LogP contribution in [0.25, 0.3) is 0 Å². The number of rotatable bonds is 4. The highest BCUT2D eigenvalue weighted by Gasteiger charge is 2.22. The van der Waals surface area contributed by atoms with Gasteiger partial charge in [0.2, 0.25) is 0 Å². The van der Waals surface area contributed by atoms with Crippen LogP contribution in [0.3, 0.4) is 0 Å². The maximum atomic E-state index is 12.7. The molecule has 0 aliphatic carbocycles. The lowest BCUT2D eigenvalue weighted by Gasteiger charge is -2.26. The summed E-state index contributed by atoms with van der Waals surface area (Å²) in [5.74, 6) is -0.208. The smallest absolute Gasteiger partial charge is 0.257 e. The van der Waals surface area contributed by atoms with Gasteiger partial charge >= 0.3 is 0 Å². The Kier molecular flexibility index (Phi) is 4.75. The maximum absolute atomic E-state index is 12.7. The number of nitrogens with zero attached hydrogens (tertiary/aromatic N) is 3. The number of hydrogen-bond donors (Lipinski definition) is 1. The van der Waals surface area contributed by atoms with Gasteiger partial charge in [-0.1, -0.05) is 17.7 Å². The fourth-order valence-corrected chi connectivity index (χ4v) is 2.11. The fraction of sp³-hybridized carbons (Fsp3) is 0.267. The zero-order chi connectivity index (χ0) is 15.4. The van der Waals surface area contributed by atoms with Gasteiger partial charge in [-0.2, -0.15) is 0 Å². The van der Waals surface area contributed by atoms with Crippen molar-refractivity contribution >= 4 is 23.2 Å². The zero-order valence-electron chi connectivity index (χ0n) is 12.0. The van der Waals surface area contributed by atoms with Crippen molar-refractivity contribution in [1.82, 2.24) is 14.9 Å². The van der Waals surface area contributed by atoms with Crippen LogP contribution < -0.4 is 5.73 Å². The highest BCUT2D eigenvalue weighted by molar-refractivity contribution is 6.32. The maximum Gasteiger partial charge on any atom is 0.257 e. The molecule has 1 amide bonds. The monoisotopic (exact) mass is 304 g/mol. The number of hydrogen-bond acceptors (Lipinski definition) is 4. The van der Waals surface area contributed by atoms with Gasteiger partial charge in [-0.15, -0.1) is 0 Å². The van der Waals surface area contributed by atoms with Gasteiger partial charge in [0.1, 0.15) is 5.15 Å². The van der Waals surface area contributed by atoms with Crippen LogP contribution in [-0.2, 0) is 6.54 Å². The molecule has 0 unspecified atom stereocenters. The quantitative estimate of drug-likeness (QED) is 0.882. The highest BCUT2D eigenvalue weighted by Crippen LogP contribution is 2.20. The Morgan fingerprint density at radius 2 is 2.14 bits per heavy atom. The summed E-state index contributed by atoms with van der Waals surface area (Å²) in [6.45, 7) is 4.28. The Hall–Kier alpha value is -2.14. The molecule has 0 bridgehead atoms. The first-order valence-corrected chi connectivity index (χ1v) is 6.98. The predicted molar refractivity (Wildman–Crippen MR) is 82.9 cm³/mol. The number of aromatic nitrogens is 2. The van der Waals surface area contributed by atoms with E-state index in [1.54, 1.807) is 17.2 Å². The van der Waals surface area contributed by atoms with Gasteiger partial charge in [-0.25, -0.2) is 4.98 Å². The first-order valence-electron chi connectivity index (χ1n) is 6.61. The molecule has 2 N–H and O–H groups in total. The summed E-state index contributed by atoms with van der Waals surface area (Å²) in [7, 11) is 0. The molecule has 2 aromatic rings. The number of amides is 1. The van der Waals surface area contributed by atoms with E-state index >= 15 is 0 Å². The number of pyridine rings is 2. The zero-order valence-corrected chi connectivity index (χ0v) is 12.7. The van der Waals surface area contributed by atoms with Crippen molar-refractivity contribution in [3.63, 3.8) is 0 Å². The van der Waals surface area contributed by atoms with Gasteiger partial charge in [-0.3, -0.25) is 9.78 Å². The average Bonchev–Trinajstić information content (AvgIpc) is 2.47. The average molecular weight is 305 g/mol. The lowest BCUT2D eigenvalue weighted by Crippen LogP contribution is -2.37.